The fourth-order valence-electron chi connectivity index (χ4n) is 3.49. The van der Waals surface area contributed by atoms with Crippen LogP contribution in [-0.2, 0) is 27.9 Å². The first-order valence-electron chi connectivity index (χ1n) is 13.2. The largest absolute Gasteiger partial charge is 0.498 e. The summed E-state index contributed by atoms with van der Waals surface area (Å²) in [6.45, 7) is 3.20. The molecule has 0 aliphatic rings. The van der Waals surface area contributed by atoms with Gasteiger partial charge in [-0.25, -0.2) is 4.57 Å². The molecule has 0 bridgehead atoms. The number of hydrogen-bond donors (Lipinski definition) is 2. The number of carbonyl (C=O) groups is 1. The van der Waals surface area contributed by atoms with Crippen molar-refractivity contribution in [3.8, 4) is 0 Å². The van der Waals surface area contributed by atoms with E-state index >= 15 is 0 Å². The summed E-state index contributed by atoms with van der Waals surface area (Å²) in [6, 6.07) is 0. The van der Waals surface area contributed by atoms with Gasteiger partial charge in [-0.15, -0.1) is 0 Å². The summed E-state index contributed by atoms with van der Waals surface area (Å²) < 4.78 is 31.6. The zero-order chi connectivity index (χ0) is 25.3. The van der Waals surface area contributed by atoms with E-state index in [9.17, 15) is 14.3 Å². The van der Waals surface area contributed by atoms with Gasteiger partial charge in [-0.05, 0) is 18.9 Å². The van der Waals surface area contributed by atoms with Crippen molar-refractivity contribution in [3.63, 3.8) is 0 Å². The summed E-state index contributed by atoms with van der Waals surface area (Å²) in [4.78, 5) is 20.7. The number of unbranched alkanes of at least 4 members (excludes halogenated alkanes) is 14. The number of esters is 1. The average molecular weight is 508 g/mol. The van der Waals surface area contributed by atoms with E-state index in [1.54, 1.807) is 6.26 Å². The van der Waals surface area contributed by atoms with Gasteiger partial charge in [-0.1, -0.05) is 90.4 Å². The quantitative estimate of drug-likeness (QED) is 0.0630. The first-order valence-corrected chi connectivity index (χ1v) is 14.7. The molecule has 0 saturated carbocycles. The van der Waals surface area contributed by atoms with E-state index in [0.717, 1.165) is 12.8 Å². The first kappa shape index (κ1) is 33.1. The van der Waals surface area contributed by atoms with Crippen molar-refractivity contribution in [2.24, 2.45) is 5.73 Å². The molecule has 2 atom stereocenters. The minimum atomic E-state index is -4.23. The van der Waals surface area contributed by atoms with Gasteiger partial charge in [0, 0.05) is 13.5 Å². The molecule has 0 radical (unpaired) electrons. The van der Waals surface area contributed by atoms with Gasteiger partial charge in [-0.3, -0.25) is 13.8 Å². The van der Waals surface area contributed by atoms with E-state index in [1.807, 2.05) is 6.08 Å². The number of rotatable bonds is 25. The number of hydrogen-bond acceptors (Lipinski definition) is 7. The van der Waals surface area contributed by atoms with Crippen molar-refractivity contribution in [2.75, 3.05) is 26.4 Å². The molecule has 0 aromatic carbocycles. The van der Waals surface area contributed by atoms with Gasteiger partial charge in [-0.2, -0.15) is 0 Å². The standard InChI is InChI=1S/C25H50NO7P/c1-3-4-5-6-7-8-9-10-11-12-13-14-15-16-17-18-20-30-22-25(33-24(2)27)23-32-34(28,29)31-21-19-26/h18,20,25H,3-17,19,21-23,26H2,1-2H3,(H,28,29)/b20-18+/t25-/m0/s1. The SMILES string of the molecule is CCCCCCCCCCCCCCCC/C=C/OC[C@@H](COP(=O)(O)OCCN)OC(C)=O. The predicted molar refractivity (Wildman–Crippen MR) is 136 cm³/mol. The van der Waals surface area contributed by atoms with Crippen LogP contribution in [0.25, 0.3) is 0 Å². The normalized spacial score (nSPS) is 14.2. The van der Waals surface area contributed by atoms with E-state index in [1.165, 1.54) is 90.4 Å². The lowest BCUT2D eigenvalue weighted by atomic mass is 10.0. The van der Waals surface area contributed by atoms with Gasteiger partial charge in [0.25, 0.3) is 0 Å². The number of phosphoric ester groups is 1. The molecule has 0 aromatic heterocycles. The Morgan fingerprint density at radius 2 is 1.41 bits per heavy atom. The number of phosphoric acid groups is 1. The van der Waals surface area contributed by atoms with Crippen LogP contribution in [0.2, 0.25) is 0 Å². The summed E-state index contributed by atoms with van der Waals surface area (Å²) in [5.41, 5.74) is 5.23. The van der Waals surface area contributed by atoms with Crippen molar-refractivity contribution in [3.05, 3.63) is 12.3 Å². The van der Waals surface area contributed by atoms with Crippen LogP contribution in [-0.4, -0.2) is 43.3 Å². The fraction of sp³-hybridized carbons (Fsp3) is 0.880. The molecule has 8 nitrogen and oxygen atoms in total. The lowest BCUT2D eigenvalue weighted by Gasteiger charge is -2.18. The Labute approximate surface area is 207 Å². The maximum Gasteiger partial charge on any atom is 0.472 e. The fourth-order valence-corrected chi connectivity index (χ4v) is 4.25. The van der Waals surface area contributed by atoms with Crippen molar-refractivity contribution < 1.29 is 32.8 Å². The summed E-state index contributed by atoms with van der Waals surface area (Å²) >= 11 is 0. The Hall–Kier alpha value is -0.920. The van der Waals surface area contributed by atoms with E-state index < -0.39 is 19.9 Å². The monoisotopic (exact) mass is 507 g/mol. The van der Waals surface area contributed by atoms with Crippen LogP contribution in [0.3, 0.4) is 0 Å². The first-order chi connectivity index (χ1) is 16.4. The third kappa shape index (κ3) is 24.2. The maximum absolute atomic E-state index is 11.7. The molecule has 1 unspecified atom stereocenters. The number of ether oxygens (including phenoxy) is 2. The highest BCUT2D eigenvalue weighted by Crippen LogP contribution is 2.43. The molecular weight excluding hydrogens is 457 g/mol. The zero-order valence-electron chi connectivity index (χ0n) is 21.6. The molecule has 34 heavy (non-hydrogen) atoms. The average Bonchev–Trinajstić information content (AvgIpc) is 2.80. The molecule has 0 amide bonds. The second kappa shape index (κ2) is 23.8. The molecule has 0 heterocycles. The lowest BCUT2D eigenvalue weighted by molar-refractivity contribution is -0.150. The molecule has 0 spiro atoms. The van der Waals surface area contributed by atoms with Gasteiger partial charge < -0.3 is 20.1 Å². The predicted octanol–water partition coefficient (Wildman–Crippen LogP) is 6.41. The molecule has 0 rings (SSSR count). The second-order valence-corrected chi connectivity index (χ2v) is 10.2. The molecule has 202 valence electrons. The lowest BCUT2D eigenvalue weighted by Crippen LogP contribution is -2.26. The van der Waals surface area contributed by atoms with Gasteiger partial charge in [0.1, 0.15) is 6.61 Å². The van der Waals surface area contributed by atoms with Gasteiger partial charge in [0.2, 0.25) is 0 Å². The second-order valence-electron chi connectivity index (χ2n) is 8.71. The number of allylic oxidation sites excluding steroid dienone is 1. The molecule has 0 saturated heterocycles. The van der Waals surface area contributed by atoms with Crippen LogP contribution < -0.4 is 5.73 Å². The molecule has 0 aliphatic carbocycles. The minimum Gasteiger partial charge on any atom is -0.498 e. The van der Waals surface area contributed by atoms with Crippen molar-refractivity contribution in [1.29, 1.82) is 0 Å². The van der Waals surface area contributed by atoms with Crippen LogP contribution >= 0.6 is 7.82 Å². The number of carbonyl (C=O) groups excluding carboxylic acids is 1. The Balaban J connectivity index is 3.68. The van der Waals surface area contributed by atoms with Crippen LogP contribution in [0.15, 0.2) is 12.3 Å². The van der Waals surface area contributed by atoms with Crippen LogP contribution in [0.4, 0.5) is 0 Å². The molecular formula is C25H50NO7P. The smallest absolute Gasteiger partial charge is 0.472 e. The Kier molecular flexibility index (Phi) is 23.2. The third-order valence-corrected chi connectivity index (χ3v) is 6.31. The molecule has 3 N–H and O–H groups in total. The molecule has 0 aromatic rings. The number of nitrogens with two attached hydrogens (primary N) is 1. The highest BCUT2D eigenvalue weighted by molar-refractivity contribution is 7.47. The van der Waals surface area contributed by atoms with Crippen LogP contribution in [0, 0.1) is 0 Å². The summed E-state index contributed by atoms with van der Waals surface area (Å²) in [6.07, 6.45) is 22.3. The van der Waals surface area contributed by atoms with Crippen molar-refractivity contribution in [1.82, 2.24) is 0 Å². The third-order valence-electron chi connectivity index (χ3n) is 5.33. The highest BCUT2D eigenvalue weighted by Gasteiger charge is 2.24. The van der Waals surface area contributed by atoms with Crippen molar-refractivity contribution >= 4 is 13.8 Å². The highest BCUT2D eigenvalue weighted by atomic mass is 31.2. The minimum absolute atomic E-state index is 0.0196. The summed E-state index contributed by atoms with van der Waals surface area (Å²) in [7, 11) is -4.23. The summed E-state index contributed by atoms with van der Waals surface area (Å²) in [5, 5.41) is 0. The van der Waals surface area contributed by atoms with E-state index in [4.69, 9.17) is 19.7 Å². The van der Waals surface area contributed by atoms with Gasteiger partial charge in [0.15, 0.2) is 6.10 Å². The Morgan fingerprint density at radius 3 is 1.91 bits per heavy atom. The molecule has 0 fully saturated rings. The van der Waals surface area contributed by atoms with Crippen LogP contribution in [0.1, 0.15) is 110 Å². The topological polar surface area (TPSA) is 117 Å². The van der Waals surface area contributed by atoms with E-state index in [-0.39, 0.29) is 26.4 Å². The molecule has 0 aliphatic heterocycles. The van der Waals surface area contributed by atoms with Crippen LogP contribution in [0.5, 0.6) is 0 Å². The van der Waals surface area contributed by atoms with Gasteiger partial charge >= 0.3 is 13.8 Å². The Bertz CT molecular complexity index is 545. The van der Waals surface area contributed by atoms with E-state index in [2.05, 4.69) is 11.4 Å². The Morgan fingerprint density at radius 1 is 0.882 bits per heavy atom. The van der Waals surface area contributed by atoms with E-state index in [0.29, 0.717) is 0 Å². The van der Waals surface area contributed by atoms with Gasteiger partial charge in [0.05, 0.1) is 19.5 Å². The summed E-state index contributed by atoms with van der Waals surface area (Å²) in [5.74, 6) is -0.528. The maximum atomic E-state index is 11.7. The van der Waals surface area contributed by atoms with Crippen molar-refractivity contribution in [2.45, 2.75) is 116 Å². The molecule has 9 heteroatoms. The zero-order valence-corrected chi connectivity index (χ0v) is 22.5.